The second-order valence-corrected chi connectivity index (χ2v) is 6.83. The predicted octanol–water partition coefficient (Wildman–Crippen LogP) is 3.77. The fourth-order valence-electron chi connectivity index (χ4n) is 3.14. The van der Waals surface area contributed by atoms with Gasteiger partial charge in [0.2, 0.25) is 0 Å². The molecule has 0 fully saturated rings. The van der Waals surface area contributed by atoms with Crippen molar-refractivity contribution in [2.45, 2.75) is 13.5 Å². The minimum Gasteiger partial charge on any atom is -0.495 e. The summed E-state index contributed by atoms with van der Waals surface area (Å²) in [5, 5.41) is 14.9. The van der Waals surface area contributed by atoms with Crippen LogP contribution < -0.4 is 15.4 Å². The van der Waals surface area contributed by atoms with E-state index in [2.05, 4.69) is 10.6 Å². The third-order valence-corrected chi connectivity index (χ3v) is 4.92. The summed E-state index contributed by atoms with van der Waals surface area (Å²) >= 11 is 0. The number of amides is 2. The van der Waals surface area contributed by atoms with Gasteiger partial charge in [-0.2, -0.15) is 0 Å². The molecule has 2 amide bonds. The van der Waals surface area contributed by atoms with Gasteiger partial charge in [-0.1, -0.05) is 24.3 Å². The second kappa shape index (κ2) is 9.24. The average Bonchev–Trinajstić information content (AvgIpc) is 2.79. The van der Waals surface area contributed by atoms with Crippen LogP contribution >= 0.6 is 0 Å². The molecule has 3 aromatic rings. The number of anilines is 1. The third-order valence-electron chi connectivity index (χ3n) is 4.92. The molecule has 3 aromatic carbocycles. The number of aliphatic hydroxyl groups is 1. The zero-order chi connectivity index (χ0) is 21.7. The SMILES string of the molecule is CNC(=O)c1cccc(C(=O)Nc2ccc(-c3ccc(C)c(CO)c3)cc2OC)c1. The van der Waals surface area contributed by atoms with Crippen molar-refractivity contribution < 1.29 is 19.4 Å². The quantitative estimate of drug-likeness (QED) is 0.584. The average molecular weight is 404 g/mol. The molecule has 3 N–H and O–H groups in total. The molecule has 0 unspecified atom stereocenters. The van der Waals surface area contributed by atoms with Crippen LogP contribution in [-0.2, 0) is 6.61 Å². The molecule has 0 aliphatic heterocycles. The van der Waals surface area contributed by atoms with E-state index in [1.54, 1.807) is 31.3 Å². The number of nitrogens with one attached hydrogen (secondary N) is 2. The molecule has 0 heterocycles. The Morgan fingerprint density at radius 3 is 2.27 bits per heavy atom. The Kier molecular flexibility index (Phi) is 6.49. The summed E-state index contributed by atoms with van der Waals surface area (Å²) in [4.78, 5) is 24.5. The van der Waals surface area contributed by atoms with Crippen molar-refractivity contribution in [3.8, 4) is 16.9 Å². The molecule has 154 valence electrons. The maximum atomic E-state index is 12.7. The standard InChI is InChI=1S/C24H24N2O4/c1-15-7-8-16(11-20(15)14-27)17-9-10-21(22(13-17)30-3)26-24(29)19-6-4-5-18(12-19)23(28)25-2/h4-13,27H,14H2,1-3H3,(H,25,28)(H,26,29). The highest BCUT2D eigenvalue weighted by atomic mass is 16.5. The lowest BCUT2D eigenvalue weighted by Crippen LogP contribution is -2.19. The summed E-state index contributed by atoms with van der Waals surface area (Å²) in [6.45, 7) is 1.92. The van der Waals surface area contributed by atoms with Crippen molar-refractivity contribution in [2.75, 3.05) is 19.5 Å². The molecule has 0 aliphatic carbocycles. The van der Waals surface area contributed by atoms with Crippen LogP contribution in [0.4, 0.5) is 5.69 Å². The van der Waals surface area contributed by atoms with Gasteiger partial charge in [0.15, 0.2) is 0 Å². The molecule has 0 saturated heterocycles. The van der Waals surface area contributed by atoms with E-state index >= 15 is 0 Å². The molecule has 0 aromatic heterocycles. The van der Waals surface area contributed by atoms with Gasteiger partial charge in [0.05, 0.1) is 19.4 Å². The molecule has 30 heavy (non-hydrogen) atoms. The van der Waals surface area contributed by atoms with Crippen LogP contribution in [0, 0.1) is 6.92 Å². The third kappa shape index (κ3) is 4.50. The molecular formula is C24H24N2O4. The first-order chi connectivity index (χ1) is 14.5. The van der Waals surface area contributed by atoms with E-state index in [1.165, 1.54) is 13.2 Å². The highest BCUT2D eigenvalue weighted by Crippen LogP contribution is 2.32. The number of rotatable bonds is 6. The van der Waals surface area contributed by atoms with Crippen LogP contribution in [0.15, 0.2) is 60.7 Å². The van der Waals surface area contributed by atoms with Gasteiger partial charge in [0.1, 0.15) is 5.75 Å². The van der Waals surface area contributed by atoms with Crippen molar-refractivity contribution in [2.24, 2.45) is 0 Å². The number of ether oxygens (including phenoxy) is 1. The van der Waals surface area contributed by atoms with Crippen LogP contribution in [0.2, 0.25) is 0 Å². The van der Waals surface area contributed by atoms with Gasteiger partial charge in [-0.3, -0.25) is 9.59 Å². The van der Waals surface area contributed by atoms with Gasteiger partial charge in [-0.15, -0.1) is 0 Å². The monoisotopic (exact) mass is 404 g/mol. The first kappa shape index (κ1) is 21.1. The number of aliphatic hydroxyl groups excluding tert-OH is 1. The maximum Gasteiger partial charge on any atom is 0.255 e. The Bertz CT molecular complexity index is 1090. The summed E-state index contributed by atoms with van der Waals surface area (Å²) in [5.74, 6) is -0.0916. The molecule has 0 aliphatic rings. The number of methoxy groups -OCH3 is 1. The van der Waals surface area contributed by atoms with Crippen molar-refractivity contribution >= 4 is 17.5 Å². The Balaban J connectivity index is 1.87. The Labute approximate surface area is 175 Å². The molecule has 0 atom stereocenters. The van der Waals surface area contributed by atoms with E-state index < -0.39 is 0 Å². The first-order valence-electron chi connectivity index (χ1n) is 9.49. The predicted molar refractivity (Wildman–Crippen MR) is 117 cm³/mol. The van der Waals surface area contributed by atoms with Crippen molar-refractivity contribution in [1.82, 2.24) is 5.32 Å². The van der Waals surface area contributed by atoms with Gasteiger partial charge in [-0.25, -0.2) is 0 Å². The van der Waals surface area contributed by atoms with E-state index in [0.717, 1.165) is 22.3 Å². The smallest absolute Gasteiger partial charge is 0.255 e. The normalized spacial score (nSPS) is 10.4. The first-order valence-corrected chi connectivity index (χ1v) is 9.49. The van der Waals surface area contributed by atoms with E-state index in [0.29, 0.717) is 22.6 Å². The van der Waals surface area contributed by atoms with Crippen molar-refractivity contribution in [3.05, 3.63) is 82.9 Å². The van der Waals surface area contributed by atoms with Crippen LogP contribution in [-0.4, -0.2) is 31.1 Å². The van der Waals surface area contributed by atoms with Crippen molar-refractivity contribution in [1.29, 1.82) is 0 Å². The summed E-state index contributed by atoms with van der Waals surface area (Å²) in [5.41, 5.74) is 5.03. The largest absolute Gasteiger partial charge is 0.495 e. The zero-order valence-electron chi connectivity index (χ0n) is 17.2. The number of carbonyl (C=O) groups excluding carboxylic acids is 2. The van der Waals surface area contributed by atoms with Gasteiger partial charge in [0, 0.05) is 18.2 Å². The van der Waals surface area contributed by atoms with E-state index in [4.69, 9.17) is 4.74 Å². The fourth-order valence-corrected chi connectivity index (χ4v) is 3.14. The van der Waals surface area contributed by atoms with E-state index in [9.17, 15) is 14.7 Å². The number of carbonyl (C=O) groups is 2. The number of benzene rings is 3. The maximum absolute atomic E-state index is 12.7. The molecular weight excluding hydrogens is 380 g/mol. The summed E-state index contributed by atoms with van der Waals surface area (Å²) in [6.07, 6.45) is 0. The summed E-state index contributed by atoms with van der Waals surface area (Å²) in [6, 6.07) is 17.9. The zero-order valence-corrected chi connectivity index (χ0v) is 17.2. The highest BCUT2D eigenvalue weighted by Gasteiger charge is 2.13. The Morgan fingerprint density at radius 1 is 0.933 bits per heavy atom. The number of hydrogen-bond acceptors (Lipinski definition) is 4. The van der Waals surface area contributed by atoms with E-state index in [1.807, 2.05) is 37.3 Å². The van der Waals surface area contributed by atoms with Crippen LogP contribution in [0.1, 0.15) is 31.8 Å². The van der Waals surface area contributed by atoms with Gasteiger partial charge >= 0.3 is 0 Å². The molecule has 6 nitrogen and oxygen atoms in total. The van der Waals surface area contributed by atoms with Gasteiger partial charge in [-0.05, 0) is 65.6 Å². The molecule has 0 radical (unpaired) electrons. The Morgan fingerprint density at radius 2 is 1.60 bits per heavy atom. The molecule has 0 bridgehead atoms. The lowest BCUT2D eigenvalue weighted by atomic mass is 9.99. The fraction of sp³-hybridized carbons (Fsp3) is 0.167. The summed E-state index contributed by atoms with van der Waals surface area (Å²) < 4.78 is 5.48. The number of hydrogen-bond donors (Lipinski definition) is 3. The van der Waals surface area contributed by atoms with Gasteiger partial charge in [0.25, 0.3) is 11.8 Å². The van der Waals surface area contributed by atoms with Crippen LogP contribution in [0.3, 0.4) is 0 Å². The Hall–Kier alpha value is -3.64. The molecule has 0 saturated carbocycles. The van der Waals surface area contributed by atoms with E-state index in [-0.39, 0.29) is 18.4 Å². The minimum atomic E-state index is -0.343. The molecule has 6 heteroatoms. The number of aryl methyl sites for hydroxylation is 1. The van der Waals surface area contributed by atoms with Gasteiger partial charge < -0.3 is 20.5 Å². The van der Waals surface area contributed by atoms with Crippen LogP contribution in [0.25, 0.3) is 11.1 Å². The molecule has 3 rings (SSSR count). The topological polar surface area (TPSA) is 87.7 Å². The van der Waals surface area contributed by atoms with Crippen molar-refractivity contribution in [3.63, 3.8) is 0 Å². The lowest BCUT2D eigenvalue weighted by molar-refractivity contribution is 0.0963. The summed E-state index contributed by atoms with van der Waals surface area (Å²) in [7, 11) is 3.08. The van der Waals surface area contributed by atoms with Crippen LogP contribution in [0.5, 0.6) is 5.75 Å². The highest BCUT2D eigenvalue weighted by molar-refractivity contribution is 6.06. The minimum absolute atomic E-state index is 0.0277. The molecule has 0 spiro atoms. The second-order valence-electron chi connectivity index (χ2n) is 6.83. The lowest BCUT2D eigenvalue weighted by Gasteiger charge is -2.13.